The predicted molar refractivity (Wildman–Crippen MR) is 66.0 cm³/mol. The van der Waals surface area contributed by atoms with Crippen molar-refractivity contribution in [3.05, 3.63) is 73.1 Å². The van der Waals surface area contributed by atoms with Crippen molar-refractivity contribution >= 4 is 11.0 Å². The van der Waals surface area contributed by atoms with Gasteiger partial charge in [-0.25, -0.2) is 9.97 Å². The minimum atomic E-state index is 0.810. The summed E-state index contributed by atoms with van der Waals surface area (Å²) in [6, 6.07) is 19.8. The smallest absolute Gasteiger partial charge is 0.159 e. The van der Waals surface area contributed by atoms with Crippen LogP contribution in [0.5, 0.6) is 0 Å². The standard InChI is InChI=1S/C8H6N2.C6H6/c1-3-7-4-2-6-10-8(7)9-5-1;1-2-4-6-5-3-1/h1-6H;1-6H. The first-order chi connectivity index (χ1) is 7.97. The van der Waals surface area contributed by atoms with Gasteiger partial charge in [0, 0.05) is 17.8 Å². The Morgan fingerprint density at radius 2 is 1.00 bits per heavy atom. The Balaban J connectivity index is 0.000000138. The zero-order valence-corrected chi connectivity index (χ0v) is 8.82. The Kier molecular flexibility index (Phi) is 3.61. The van der Waals surface area contributed by atoms with E-state index in [1.807, 2.05) is 60.7 Å². The second kappa shape index (κ2) is 5.61. The van der Waals surface area contributed by atoms with E-state index in [0.29, 0.717) is 0 Å². The highest BCUT2D eigenvalue weighted by atomic mass is 14.8. The average Bonchev–Trinajstić information content (AvgIpc) is 2.42. The lowest BCUT2D eigenvalue weighted by atomic mass is 10.3. The Labute approximate surface area is 94.6 Å². The van der Waals surface area contributed by atoms with Crippen LogP contribution in [0.2, 0.25) is 0 Å². The van der Waals surface area contributed by atoms with E-state index in [2.05, 4.69) is 9.97 Å². The van der Waals surface area contributed by atoms with Crippen LogP contribution in [0.25, 0.3) is 11.0 Å². The van der Waals surface area contributed by atoms with Crippen molar-refractivity contribution < 1.29 is 0 Å². The summed E-state index contributed by atoms with van der Waals surface area (Å²) in [7, 11) is 0. The molecule has 2 nitrogen and oxygen atoms in total. The van der Waals surface area contributed by atoms with Gasteiger partial charge in [-0.1, -0.05) is 36.4 Å². The molecule has 3 aromatic rings. The predicted octanol–water partition coefficient (Wildman–Crippen LogP) is 3.32. The van der Waals surface area contributed by atoms with E-state index < -0.39 is 0 Å². The third-order valence-corrected chi connectivity index (χ3v) is 2.04. The molecule has 78 valence electrons. The van der Waals surface area contributed by atoms with Gasteiger partial charge in [0.15, 0.2) is 5.65 Å². The first-order valence-corrected chi connectivity index (χ1v) is 5.12. The first-order valence-electron chi connectivity index (χ1n) is 5.12. The Morgan fingerprint density at radius 3 is 1.38 bits per heavy atom. The van der Waals surface area contributed by atoms with Crippen molar-refractivity contribution in [1.29, 1.82) is 0 Å². The molecule has 0 amide bonds. The molecule has 0 unspecified atom stereocenters. The molecule has 0 aliphatic rings. The highest BCUT2D eigenvalue weighted by molar-refractivity contribution is 5.73. The van der Waals surface area contributed by atoms with Crippen molar-refractivity contribution in [2.24, 2.45) is 0 Å². The van der Waals surface area contributed by atoms with Crippen molar-refractivity contribution in [2.75, 3.05) is 0 Å². The van der Waals surface area contributed by atoms with E-state index in [0.717, 1.165) is 11.0 Å². The van der Waals surface area contributed by atoms with Crippen molar-refractivity contribution in [3.63, 3.8) is 0 Å². The molecule has 0 saturated carbocycles. The number of pyridine rings is 2. The molecular weight excluding hydrogens is 196 g/mol. The lowest BCUT2D eigenvalue weighted by molar-refractivity contribution is 1.29. The quantitative estimate of drug-likeness (QED) is 0.566. The molecule has 3 rings (SSSR count). The molecule has 1 aromatic carbocycles. The van der Waals surface area contributed by atoms with Crippen LogP contribution >= 0.6 is 0 Å². The minimum absolute atomic E-state index is 0.810. The van der Waals surface area contributed by atoms with Crippen LogP contribution in [0, 0.1) is 0 Å². The topological polar surface area (TPSA) is 25.8 Å². The summed E-state index contributed by atoms with van der Waals surface area (Å²) in [4.78, 5) is 8.14. The van der Waals surface area contributed by atoms with Gasteiger partial charge < -0.3 is 0 Å². The molecule has 2 heterocycles. The summed E-state index contributed by atoms with van der Waals surface area (Å²) in [6.45, 7) is 0. The number of aromatic nitrogens is 2. The first kappa shape index (κ1) is 10.3. The summed E-state index contributed by atoms with van der Waals surface area (Å²) in [5, 5.41) is 1.09. The van der Waals surface area contributed by atoms with E-state index in [1.54, 1.807) is 12.4 Å². The number of fused-ring (bicyclic) bond motifs is 1. The van der Waals surface area contributed by atoms with Crippen LogP contribution in [-0.4, -0.2) is 9.97 Å². The number of hydrogen-bond donors (Lipinski definition) is 0. The second-order valence-electron chi connectivity index (χ2n) is 3.21. The van der Waals surface area contributed by atoms with Gasteiger partial charge in [-0.05, 0) is 24.3 Å². The van der Waals surface area contributed by atoms with Crippen LogP contribution in [0.15, 0.2) is 73.1 Å². The molecule has 0 spiro atoms. The summed E-state index contributed by atoms with van der Waals surface area (Å²) in [5.41, 5.74) is 0.810. The monoisotopic (exact) mass is 208 g/mol. The molecule has 16 heavy (non-hydrogen) atoms. The molecule has 2 heteroatoms. The number of benzene rings is 1. The molecule has 2 aromatic heterocycles. The van der Waals surface area contributed by atoms with Gasteiger partial charge in [0.1, 0.15) is 0 Å². The normalized spacial score (nSPS) is 9.25. The van der Waals surface area contributed by atoms with Crippen LogP contribution in [0.1, 0.15) is 0 Å². The molecule has 0 aliphatic carbocycles. The van der Waals surface area contributed by atoms with Crippen LogP contribution in [-0.2, 0) is 0 Å². The van der Waals surface area contributed by atoms with Crippen molar-refractivity contribution in [1.82, 2.24) is 9.97 Å². The molecule has 0 N–H and O–H groups in total. The molecular formula is C14H12N2. The zero-order chi connectivity index (χ0) is 11.1. The Morgan fingerprint density at radius 1 is 0.562 bits per heavy atom. The lowest BCUT2D eigenvalue weighted by Gasteiger charge is -1.90. The lowest BCUT2D eigenvalue weighted by Crippen LogP contribution is -1.78. The van der Waals surface area contributed by atoms with Gasteiger partial charge in [-0.2, -0.15) is 0 Å². The third-order valence-electron chi connectivity index (χ3n) is 2.04. The van der Waals surface area contributed by atoms with Crippen LogP contribution in [0.4, 0.5) is 0 Å². The van der Waals surface area contributed by atoms with E-state index in [4.69, 9.17) is 0 Å². The molecule has 0 radical (unpaired) electrons. The van der Waals surface area contributed by atoms with E-state index in [1.165, 1.54) is 0 Å². The average molecular weight is 208 g/mol. The van der Waals surface area contributed by atoms with Crippen molar-refractivity contribution in [3.8, 4) is 0 Å². The minimum Gasteiger partial charge on any atom is -0.237 e. The Hall–Kier alpha value is -2.22. The van der Waals surface area contributed by atoms with Crippen molar-refractivity contribution in [2.45, 2.75) is 0 Å². The molecule has 0 bridgehead atoms. The van der Waals surface area contributed by atoms with Gasteiger partial charge in [0.2, 0.25) is 0 Å². The number of nitrogens with zero attached hydrogens (tertiary/aromatic N) is 2. The largest absolute Gasteiger partial charge is 0.237 e. The van der Waals surface area contributed by atoms with Crippen LogP contribution < -0.4 is 0 Å². The molecule has 0 saturated heterocycles. The van der Waals surface area contributed by atoms with Gasteiger partial charge in [-0.15, -0.1) is 0 Å². The fourth-order valence-corrected chi connectivity index (χ4v) is 1.29. The van der Waals surface area contributed by atoms with E-state index in [-0.39, 0.29) is 0 Å². The van der Waals surface area contributed by atoms with Gasteiger partial charge in [0.05, 0.1) is 0 Å². The molecule has 0 aliphatic heterocycles. The summed E-state index contributed by atoms with van der Waals surface area (Å²) < 4.78 is 0. The highest BCUT2D eigenvalue weighted by Crippen LogP contribution is 2.04. The summed E-state index contributed by atoms with van der Waals surface area (Å²) >= 11 is 0. The summed E-state index contributed by atoms with van der Waals surface area (Å²) in [6.07, 6.45) is 3.49. The van der Waals surface area contributed by atoms with Gasteiger partial charge in [-0.3, -0.25) is 0 Å². The zero-order valence-electron chi connectivity index (χ0n) is 8.82. The fourth-order valence-electron chi connectivity index (χ4n) is 1.29. The highest BCUT2D eigenvalue weighted by Gasteiger charge is 1.88. The van der Waals surface area contributed by atoms with E-state index in [9.17, 15) is 0 Å². The third kappa shape index (κ3) is 2.89. The number of rotatable bonds is 0. The number of hydrogen-bond acceptors (Lipinski definition) is 2. The molecule has 0 fully saturated rings. The maximum absolute atomic E-state index is 4.07. The fraction of sp³-hybridized carbons (Fsp3) is 0. The second-order valence-corrected chi connectivity index (χ2v) is 3.21. The van der Waals surface area contributed by atoms with Gasteiger partial charge >= 0.3 is 0 Å². The van der Waals surface area contributed by atoms with E-state index >= 15 is 0 Å². The Bertz CT molecular complexity index is 443. The summed E-state index contributed by atoms with van der Waals surface area (Å²) in [5.74, 6) is 0. The van der Waals surface area contributed by atoms with Crippen LogP contribution in [0.3, 0.4) is 0 Å². The van der Waals surface area contributed by atoms with Gasteiger partial charge in [0.25, 0.3) is 0 Å². The molecule has 0 atom stereocenters. The maximum Gasteiger partial charge on any atom is 0.159 e. The maximum atomic E-state index is 4.07. The SMILES string of the molecule is c1ccccc1.c1cnc2ncccc2c1.